The Morgan fingerprint density at radius 1 is 1.16 bits per heavy atom. The number of ether oxygens (including phenoxy) is 1. The number of likely N-dealkylation sites (tertiary alicyclic amines) is 1. The second-order valence-corrected chi connectivity index (χ2v) is 7.98. The van der Waals surface area contributed by atoms with E-state index in [1.54, 1.807) is 35.2 Å². The van der Waals surface area contributed by atoms with Gasteiger partial charge in [-0.2, -0.15) is 22.3 Å². The Hall–Kier alpha value is -2.45. The van der Waals surface area contributed by atoms with Crippen LogP contribution in [0.3, 0.4) is 0 Å². The first kappa shape index (κ1) is 23.2. The summed E-state index contributed by atoms with van der Waals surface area (Å²) in [5.41, 5.74) is 2.56. The molecule has 0 unspecified atom stereocenters. The first-order valence-electron chi connectivity index (χ1n) is 10.00. The first-order valence-corrected chi connectivity index (χ1v) is 10.00. The van der Waals surface area contributed by atoms with Crippen molar-refractivity contribution >= 4 is 25.2 Å². The lowest BCUT2D eigenvalue weighted by atomic mass is 9.70. The van der Waals surface area contributed by atoms with Crippen LogP contribution in [0, 0.1) is 5.41 Å². The number of hydrogen-bond donors (Lipinski definition) is 1. The van der Waals surface area contributed by atoms with Gasteiger partial charge in [0.15, 0.2) is 5.78 Å². The number of carbonyl (C=O) groups excluding carboxylic acids is 2. The molecule has 166 valence electrons. The summed E-state index contributed by atoms with van der Waals surface area (Å²) in [4.78, 5) is 26.9. The van der Waals surface area contributed by atoms with Crippen LogP contribution in [0.2, 0.25) is 0 Å². The number of Topliss-reactive ketones (excluding diaryl/α,β-unsaturated/α-hetero) is 1. The molecule has 0 aromatic heterocycles. The fraction of sp³-hybridized carbons (Fsp3) is 0.391. The summed E-state index contributed by atoms with van der Waals surface area (Å²) in [6.07, 6.45) is 2.69. The monoisotopic (exact) mass is 449 g/mol. The van der Waals surface area contributed by atoms with Gasteiger partial charge in [0, 0.05) is 24.2 Å². The van der Waals surface area contributed by atoms with Crippen LogP contribution in [0.1, 0.15) is 39.9 Å². The Morgan fingerprint density at radius 2 is 1.94 bits per heavy atom. The van der Waals surface area contributed by atoms with Crippen LogP contribution in [0.25, 0.3) is 0 Å². The highest BCUT2D eigenvalue weighted by molar-refractivity contribution is 7.59. The van der Waals surface area contributed by atoms with Gasteiger partial charge in [-0.25, -0.2) is 0 Å². The number of para-hydroxylation sites is 1. The highest BCUT2D eigenvalue weighted by Crippen LogP contribution is 2.44. The van der Waals surface area contributed by atoms with Gasteiger partial charge in [-0.3, -0.25) is 9.59 Å². The molecule has 2 aromatic rings. The number of amides is 1. The number of ketones is 1. The molecule has 31 heavy (non-hydrogen) atoms. The van der Waals surface area contributed by atoms with Gasteiger partial charge in [0.2, 0.25) is 5.91 Å². The second kappa shape index (κ2) is 9.36. The van der Waals surface area contributed by atoms with Crippen LogP contribution < -0.4 is 4.74 Å². The van der Waals surface area contributed by atoms with Crippen LogP contribution in [-0.2, 0) is 24.2 Å². The number of rotatable bonds is 6. The van der Waals surface area contributed by atoms with Crippen molar-refractivity contribution < 1.29 is 28.2 Å². The number of alkyl halides is 2. The molecular weight excluding hydrogens is 424 g/mol. The molecule has 0 bridgehead atoms. The minimum Gasteiger partial charge on any atom is -0.434 e. The molecule has 1 spiro atoms. The third-order valence-corrected chi connectivity index (χ3v) is 6.22. The van der Waals surface area contributed by atoms with Crippen LogP contribution in [-0.4, -0.2) is 41.5 Å². The molecule has 1 amide bonds. The number of benzene rings is 2. The molecule has 0 radical (unpaired) electrons. The largest absolute Gasteiger partial charge is 0.434 e. The van der Waals surface area contributed by atoms with Crippen molar-refractivity contribution in [2.45, 2.75) is 38.8 Å². The van der Waals surface area contributed by atoms with E-state index in [2.05, 4.69) is 4.74 Å². The number of halogens is 2. The SMILES string of the molecule is O=C(CO)c1ccc2c(c1)C[C@@]1(CC2)CCN(Cc2ccccc2OC(F)F)C1=O.S. The van der Waals surface area contributed by atoms with Gasteiger partial charge in [0.05, 0.1) is 5.41 Å². The lowest BCUT2D eigenvalue weighted by Gasteiger charge is -2.33. The highest BCUT2D eigenvalue weighted by atomic mass is 32.1. The number of aryl methyl sites for hydroxylation is 1. The molecule has 5 nitrogen and oxygen atoms in total. The molecule has 1 atom stereocenters. The van der Waals surface area contributed by atoms with Crippen molar-refractivity contribution in [1.29, 1.82) is 0 Å². The van der Waals surface area contributed by atoms with Gasteiger partial charge >= 0.3 is 6.61 Å². The Labute approximate surface area is 186 Å². The summed E-state index contributed by atoms with van der Waals surface area (Å²) in [6, 6.07) is 11.9. The lowest BCUT2D eigenvalue weighted by Crippen LogP contribution is -2.38. The van der Waals surface area contributed by atoms with E-state index in [-0.39, 0.29) is 37.5 Å². The molecule has 1 fully saturated rings. The summed E-state index contributed by atoms with van der Waals surface area (Å²) >= 11 is 0. The van der Waals surface area contributed by atoms with E-state index in [0.717, 1.165) is 24.0 Å². The number of fused-ring (bicyclic) bond motifs is 1. The van der Waals surface area contributed by atoms with E-state index < -0.39 is 18.6 Å². The topological polar surface area (TPSA) is 66.8 Å². The maximum Gasteiger partial charge on any atom is 0.387 e. The van der Waals surface area contributed by atoms with Crippen LogP contribution >= 0.6 is 13.5 Å². The molecule has 2 aromatic carbocycles. The minimum absolute atomic E-state index is 0. The normalized spacial score (nSPS) is 20.0. The van der Waals surface area contributed by atoms with Gasteiger partial charge in [-0.1, -0.05) is 30.3 Å². The average Bonchev–Trinajstić information content (AvgIpc) is 3.03. The van der Waals surface area contributed by atoms with E-state index in [4.69, 9.17) is 5.11 Å². The standard InChI is InChI=1S/C23H23F2NO4.H2S/c24-22(25)30-20-4-2-1-3-17(20)13-26-10-9-23(21(26)29)8-7-15-5-6-16(19(28)14-27)11-18(15)12-23;/h1-6,11,22,27H,7-10,12-14H2;1H2/t23-;/m1./s1. The number of carbonyl (C=O) groups is 2. The fourth-order valence-electron chi connectivity index (χ4n) is 4.62. The maximum atomic E-state index is 13.3. The average molecular weight is 450 g/mol. The quantitative estimate of drug-likeness (QED) is 0.686. The molecule has 0 saturated carbocycles. The predicted octanol–water partition coefficient (Wildman–Crippen LogP) is 3.48. The van der Waals surface area contributed by atoms with Gasteiger partial charge < -0.3 is 14.7 Å². The summed E-state index contributed by atoms with van der Waals surface area (Å²) in [7, 11) is 0. The second-order valence-electron chi connectivity index (χ2n) is 7.98. The van der Waals surface area contributed by atoms with E-state index in [1.807, 2.05) is 6.07 Å². The molecule has 8 heteroatoms. The summed E-state index contributed by atoms with van der Waals surface area (Å²) < 4.78 is 30.0. The Kier molecular flexibility index (Phi) is 7.01. The zero-order valence-corrected chi connectivity index (χ0v) is 17.9. The molecule has 1 N–H and O–H groups in total. The molecule has 1 aliphatic carbocycles. The third kappa shape index (κ3) is 4.60. The zero-order valence-electron chi connectivity index (χ0n) is 16.9. The molecule has 1 heterocycles. The maximum absolute atomic E-state index is 13.3. The Bertz CT molecular complexity index is 984. The lowest BCUT2D eigenvalue weighted by molar-refractivity contribution is -0.137. The van der Waals surface area contributed by atoms with Crippen molar-refractivity contribution in [2.24, 2.45) is 5.41 Å². The Morgan fingerprint density at radius 3 is 2.68 bits per heavy atom. The molecule has 1 aliphatic heterocycles. The van der Waals surface area contributed by atoms with Gasteiger partial charge in [-0.05, 0) is 48.9 Å². The van der Waals surface area contributed by atoms with E-state index >= 15 is 0 Å². The Balaban J connectivity index is 0.00000272. The van der Waals surface area contributed by atoms with E-state index in [9.17, 15) is 18.4 Å². The summed E-state index contributed by atoms with van der Waals surface area (Å²) in [6.45, 7) is -2.69. The fourth-order valence-corrected chi connectivity index (χ4v) is 4.62. The van der Waals surface area contributed by atoms with Gasteiger partial charge in [-0.15, -0.1) is 0 Å². The smallest absolute Gasteiger partial charge is 0.387 e. The molecule has 2 aliphatic rings. The number of nitrogens with zero attached hydrogens (tertiary/aromatic N) is 1. The van der Waals surface area contributed by atoms with E-state index in [1.165, 1.54) is 6.07 Å². The van der Waals surface area contributed by atoms with Crippen molar-refractivity contribution in [2.75, 3.05) is 13.2 Å². The number of aliphatic hydroxyl groups excluding tert-OH is 1. The van der Waals surface area contributed by atoms with Crippen LogP contribution in [0.4, 0.5) is 8.78 Å². The summed E-state index contributed by atoms with van der Waals surface area (Å²) in [5.74, 6) is -0.242. The van der Waals surface area contributed by atoms with Gasteiger partial charge in [0.25, 0.3) is 0 Å². The van der Waals surface area contributed by atoms with Crippen molar-refractivity contribution in [3.05, 3.63) is 64.7 Å². The van der Waals surface area contributed by atoms with E-state index in [0.29, 0.717) is 30.5 Å². The molecule has 4 rings (SSSR count). The zero-order chi connectivity index (χ0) is 21.3. The van der Waals surface area contributed by atoms with Crippen molar-refractivity contribution in [3.8, 4) is 5.75 Å². The van der Waals surface area contributed by atoms with Crippen molar-refractivity contribution in [1.82, 2.24) is 4.90 Å². The minimum atomic E-state index is -2.92. The molecule has 1 saturated heterocycles. The predicted molar refractivity (Wildman–Crippen MR) is 116 cm³/mol. The highest BCUT2D eigenvalue weighted by Gasteiger charge is 2.48. The van der Waals surface area contributed by atoms with Crippen molar-refractivity contribution in [3.63, 3.8) is 0 Å². The summed E-state index contributed by atoms with van der Waals surface area (Å²) in [5, 5.41) is 9.12. The number of aliphatic hydroxyl groups is 1. The third-order valence-electron chi connectivity index (χ3n) is 6.22. The number of hydrogen-bond acceptors (Lipinski definition) is 4. The van der Waals surface area contributed by atoms with Crippen LogP contribution in [0.15, 0.2) is 42.5 Å². The van der Waals surface area contributed by atoms with Gasteiger partial charge in [0.1, 0.15) is 12.4 Å². The van der Waals surface area contributed by atoms with Crippen LogP contribution in [0.5, 0.6) is 5.75 Å². The molecular formula is C23H25F2NO4S. The first-order chi connectivity index (χ1) is 14.4.